The molecular formula is C21H22N2O8. The number of rotatable bonds is 8. The van der Waals surface area contributed by atoms with E-state index in [2.05, 4.69) is 0 Å². The van der Waals surface area contributed by atoms with Crippen LogP contribution in [0.2, 0.25) is 0 Å². The summed E-state index contributed by atoms with van der Waals surface area (Å²) in [6.45, 7) is -0.0577. The second-order valence-corrected chi connectivity index (χ2v) is 6.75. The Labute approximate surface area is 178 Å². The molecular weight excluding hydrogens is 408 g/mol. The Morgan fingerprint density at radius 1 is 1.03 bits per heavy atom. The predicted octanol–water partition coefficient (Wildman–Crippen LogP) is 2.23. The second-order valence-electron chi connectivity index (χ2n) is 6.75. The summed E-state index contributed by atoms with van der Waals surface area (Å²) in [5.74, 6) is -1.17. The summed E-state index contributed by atoms with van der Waals surface area (Å²) >= 11 is 0. The molecule has 2 aromatic rings. The highest BCUT2D eigenvalue weighted by Crippen LogP contribution is 2.42. The Morgan fingerprint density at radius 2 is 1.68 bits per heavy atom. The highest BCUT2D eigenvalue weighted by atomic mass is 16.5. The van der Waals surface area contributed by atoms with Crippen molar-refractivity contribution < 1.29 is 38.8 Å². The first-order valence-corrected chi connectivity index (χ1v) is 9.25. The Balaban J connectivity index is 2.04. The number of amides is 3. The molecule has 3 amide bonds. The number of phenols is 1. The number of hydrogen-bond acceptors (Lipinski definition) is 7. The van der Waals surface area contributed by atoms with E-state index in [1.807, 2.05) is 0 Å². The number of nitrogens with zero attached hydrogens (tertiary/aromatic N) is 2. The molecule has 1 aliphatic rings. The van der Waals surface area contributed by atoms with Gasteiger partial charge in [-0.3, -0.25) is 9.59 Å². The lowest BCUT2D eigenvalue weighted by atomic mass is 10.1. The van der Waals surface area contributed by atoms with Crippen LogP contribution in [0.25, 0.3) is 0 Å². The van der Waals surface area contributed by atoms with Gasteiger partial charge < -0.3 is 29.3 Å². The number of phenolic OH excluding ortho intramolecular Hbond substituents is 1. The average molecular weight is 430 g/mol. The molecule has 164 valence electrons. The van der Waals surface area contributed by atoms with Gasteiger partial charge in [-0.05, 0) is 17.7 Å². The minimum absolute atomic E-state index is 0.00765. The molecule has 1 saturated heterocycles. The van der Waals surface area contributed by atoms with E-state index in [9.17, 15) is 24.6 Å². The van der Waals surface area contributed by atoms with Crippen molar-refractivity contribution in [2.45, 2.75) is 19.0 Å². The monoisotopic (exact) mass is 430 g/mol. The SMILES string of the molecule is COc1cc(N2C(=O)[C@H](CC(=O)O)N(Cc3cccc(O)c3)C2=O)cc(OC)c1OC. The van der Waals surface area contributed by atoms with Gasteiger partial charge in [-0.1, -0.05) is 12.1 Å². The number of aromatic hydroxyl groups is 1. The van der Waals surface area contributed by atoms with Gasteiger partial charge in [0.05, 0.1) is 33.4 Å². The number of carboxylic acids is 1. The molecule has 0 saturated carbocycles. The summed E-state index contributed by atoms with van der Waals surface area (Å²) in [6.07, 6.45) is -0.565. The van der Waals surface area contributed by atoms with Gasteiger partial charge in [-0.2, -0.15) is 0 Å². The van der Waals surface area contributed by atoms with Crippen LogP contribution < -0.4 is 19.1 Å². The number of carbonyl (C=O) groups is 3. The fraction of sp³-hybridized carbons (Fsp3) is 0.286. The zero-order valence-electron chi connectivity index (χ0n) is 17.2. The van der Waals surface area contributed by atoms with Crippen molar-refractivity contribution in [1.29, 1.82) is 0 Å². The van der Waals surface area contributed by atoms with Crippen LogP contribution in [-0.2, 0) is 16.1 Å². The molecule has 0 aromatic heterocycles. The number of aliphatic carboxylic acids is 1. The Bertz CT molecular complexity index is 997. The van der Waals surface area contributed by atoms with Crippen LogP contribution in [0.3, 0.4) is 0 Å². The smallest absolute Gasteiger partial charge is 0.332 e. The van der Waals surface area contributed by atoms with E-state index in [4.69, 9.17) is 14.2 Å². The van der Waals surface area contributed by atoms with E-state index in [-0.39, 0.29) is 35.2 Å². The first-order chi connectivity index (χ1) is 14.8. The average Bonchev–Trinajstić information content (AvgIpc) is 2.96. The molecule has 0 spiro atoms. The maximum absolute atomic E-state index is 13.2. The van der Waals surface area contributed by atoms with Gasteiger partial charge >= 0.3 is 12.0 Å². The lowest BCUT2D eigenvalue weighted by Gasteiger charge is -2.21. The number of imide groups is 1. The summed E-state index contributed by atoms with van der Waals surface area (Å²) in [5, 5.41) is 19.0. The van der Waals surface area contributed by atoms with Crippen LogP contribution in [0.4, 0.5) is 10.5 Å². The van der Waals surface area contributed by atoms with Gasteiger partial charge in [0.2, 0.25) is 5.75 Å². The Morgan fingerprint density at radius 3 is 2.19 bits per heavy atom. The fourth-order valence-corrected chi connectivity index (χ4v) is 3.46. The van der Waals surface area contributed by atoms with E-state index in [1.165, 1.54) is 45.6 Å². The summed E-state index contributed by atoms with van der Waals surface area (Å²) in [6, 6.07) is 7.13. The standard InChI is InChI=1S/C21H22N2O8/c1-29-16-8-13(9-17(30-2)19(16)31-3)23-20(27)15(10-18(25)26)22(21(23)28)11-12-5-4-6-14(24)7-12/h4-9,15,24H,10-11H2,1-3H3,(H,25,26)/t15-/m0/s1. The molecule has 0 bridgehead atoms. The van der Waals surface area contributed by atoms with Crippen molar-refractivity contribution in [3.63, 3.8) is 0 Å². The lowest BCUT2D eigenvalue weighted by Crippen LogP contribution is -2.36. The third-order valence-electron chi connectivity index (χ3n) is 4.86. The van der Waals surface area contributed by atoms with Gasteiger partial charge in [0.1, 0.15) is 11.8 Å². The maximum Gasteiger partial charge on any atom is 0.332 e. The molecule has 1 atom stereocenters. The van der Waals surface area contributed by atoms with Crippen molar-refractivity contribution in [3.8, 4) is 23.0 Å². The molecule has 1 fully saturated rings. The van der Waals surface area contributed by atoms with Crippen LogP contribution in [-0.4, -0.2) is 60.4 Å². The summed E-state index contributed by atoms with van der Waals surface area (Å²) in [7, 11) is 4.22. The largest absolute Gasteiger partial charge is 0.508 e. The highest BCUT2D eigenvalue weighted by Gasteiger charge is 2.47. The van der Waals surface area contributed by atoms with Gasteiger partial charge in [-0.25, -0.2) is 9.69 Å². The lowest BCUT2D eigenvalue weighted by molar-refractivity contribution is -0.140. The molecule has 10 nitrogen and oxygen atoms in total. The molecule has 10 heteroatoms. The molecule has 1 aliphatic heterocycles. The Hall–Kier alpha value is -3.95. The van der Waals surface area contributed by atoms with Crippen molar-refractivity contribution in [1.82, 2.24) is 4.90 Å². The molecule has 2 N–H and O–H groups in total. The van der Waals surface area contributed by atoms with Crippen molar-refractivity contribution in [3.05, 3.63) is 42.0 Å². The van der Waals surface area contributed by atoms with Crippen molar-refractivity contribution in [2.24, 2.45) is 0 Å². The molecule has 1 heterocycles. The van der Waals surface area contributed by atoms with Crippen molar-refractivity contribution >= 4 is 23.6 Å². The minimum atomic E-state index is -1.22. The van der Waals surface area contributed by atoms with Crippen LogP contribution >= 0.6 is 0 Å². The quantitative estimate of drug-likeness (QED) is 0.611. The number of carbonyl (C=O) groups excluding carboxylic acids is 2. The summed E-state index contributed by atoms with van der Waals surface area (Å²) < 4.78 is 15.8. The number of anilines is 1. The van der Waals surface area contributed by atoms with E-state index in [0.29, 0.717) is 5.56 Å². The zero-order valence-corrected chi connectivity index (χ0v) is 17.2. The normalized spacial score (nSPS) is 15.9. The van der Waals surface area contributed by atoms with Gasteiger partial charge in [0.25, 0.3) is 5.91 Å². The van der Waals surface area contributed by atoms with Crippen LogP contribution in [0.15, 0.2) is 36.4 Å². The van der Waals surface area contributed by atoms with E-state index < -0.39 is 30.4 Å². The van der Waals surface area contributed by atoms with Crippen LogP contribution in [0, 0.1) is 0 Å². The molecule has 31 heavy (non-hydrogen) atoms. The predicted molar refractivity (Wildman–Crippen MR) is 109 cm³/mol. The molecule has 0 unspecified atom stereocenters. The van der Waals surface area contributed by atoms with Gasteiger partial charge in [0.15, 0.2) is 11.5 Å². The van der Waals surface area contributed by atoms with Crippen LogP contribution in [0.1, 0.15) is 12.0 Å². The fourth-order valence-electron chi connectivity index (χ4n) is 3.46. The number of urea groups is 1. The number of hydrogen-bond donors (Lipinski definition) is 2. The molecule has 2 aromatic carbocycles. The molecule has 3 rings (SSSR count). The van der Waals surface area contributed by atoms with Crippen LogP contribution in [0.5, 0.6) is 23.0 Å². The second kappa shape index (κ2) is 8.82. The summed E-state index contributed by atoms with van der Waals surface area (Å²) in [4.78, 5) is 39.8. The Kier molecular flexibility index (Phi) is 6.19. The minimum Gasteiger partial charge on any atom is -0.508 e. The first-order valence-electron chi connectivity index (χ1n) is 9.25. The number of carboxylic acid groups (broad SMARTS) is 1. The maximum atomic E-state index is 13.2. The number of benzene rings is 2. The van der Waals surface area contributed by atoms with E-state index >= 15 is 0 Å². The topological polar surface area (TPSA) is 126 Å². The first kappa shape index (κ1) is 21.8. The third kappa shape index (κ3) is 4.18. The molecule has 0 aliphatic carbocycles. The van der Waals surface area contributed by atoms with Gasteiger partial charge in [0, 0.05) is 18.7 Å². The molecule has 0 radical (unpaired) electrons. The third-order valence-corrected chi connectivity index (χ3v) is 4.86. The zero-order chi connectivity index (χ0) is 22.7. The number of methoxy groups -OCH3 is 3. The van der Waals surface area contributed by atoms with E-state index in [1.54, 1.807) is 12.1 Å². The van der Waals surface area contributed by atoms with E-state index in [0.717, 1.165) is 9.80 Å². The van der Waals surface area contributed by atoms with Crippen molar-refractivity contribution in [2.75, 3.05) is 26.2 Å². The highest BCUT2D eigenvalue weighted by molar-refractivity contribution is 6.22. The number of ether oxygens (including phenoxy) is 3. The summed E-state index contributed by atoms with van der Waals surface area (Å²) in [5.41, 5.74) is 0.696. The van der Waals surface area contributed by atoms with Gasteiger partial charge in [-0.15, -0.1) is 0 Å².